The highest BCUT2D eigenvalue weighted by atomic mass is 16.1. The molecule has 0 atom stereocenters. The van der Waals surface area contributed by atoms with Crippen LogP contribution < -0.4 is 0 Å². The molecule has 2 rings (SSSR count). The van der Waals surface area contributed by atoms with Crippen LogP contribution in [0.5, 0.6) is 0 Å². The Morgan fingerprint density at radius 3 is 2.06 bits per heavy atom. The van der Waals surface area contributed by atoms with Crippen molar-refractivity contribution < 1.29 is 9.59 Å². The van der Waals surface area contributed by atoms with Gasteiger partial charge in [0.05, 0.1) is 0 Å². The summed E-state index contributed by atoms with van der Waals surface area (Å²) in [4.78, 5) is 24.5. The molecule has 2 heteroatoms. The van der Waals surface area contributed by atoms with E-state index < -0.39 is 0 Å². The van der Waals surface area contributed by atoms with Crippen LogP contribution in [0.1, 0.15) is 34.6 Å². The Morgan fingerprint density at radius 2 is 1.59 bits per heavy atom. The Kier molecular flexibility index (Phi) is 2.80. The maximum Gasteiger partial charge on any atom is 0.194 e. The summed E-state index contributed by atoms with van der Waals surface area (Å²) >= 11 is 0. The maximum absolute atomic E-state index is 12.3. The van der Waals surface area contributed by atoms with Gasteiger partial charge in [-0.1, -0.05) is 50.8 Å². The highest BCUT2D eigenvalue weighted by Crippen LogP contribution is 2.30. The first-order valence-electron chi connectivity index (χ1n) is 5.63. The Labute approximate surface area is 101 Å². The lowest BCUT2D eigenvalue weighted by atomic mass is 9.80. The summed E-state index contributed by atoms with van der Waals surface area (Å²) in [7, 11) is 0. The molecule has 86 valence electrons. The molecule has 0 saturated heterocycles. The van der Waals surface area contributed by atoms with Crippen LogP contribution in [0.15, 0.2) is 48.1 Å². The van der Waals surface area contributed by atoms with Crippen molar-refractivity contribution in [2.24, 2.45) is 5.92 Å². The molecular formula is C15H14O2. The van der Waals surface area contributed by atoms with E-state index in [-0.39, 0.29) is 17.5 Å². The first-order chi connectivity index (χ1) is 8.07. The molecule has 2 nitrogen and oxygen atoms in total. The minimum Gasteiger partial charge on any atom is -0.289 e. The van der Waals surface area contributed by atoms with Crippen molar-refractivity contribution >= 4 is 11.6 Å². The smallest absolute Gasteiger partial charge is 0.194 e. The van der Waals surface area contributed by atoms with Crippen molar-refractivity contribution in [2.75, 3.05) is 0 Å². The molecule has 0 amide bonds. The van der Waals surface area contributed by atoms with Gasteiger partial charge in [-0.25, -0.2) is 0 Å². The Bertz CT molecular complexity index is 548. The van der Waals surface area contributed by atoms with Gasteiger partial charge in [0.25, 0.3) is 0 Å². The van der Waals surface area contributed by atoms with E-state index >= 15 is 0 Å². The van der Waals surface area contributed by atoms with Crippen molar-refractivity contribution in [3.8, 4) is 0 Å². The van der Waals surface area contributed by atoms with E-state index in [0.29, 0.717) is 22.3 Å². The number of carbonyl (C=O) groups excluding carboxylic acids is 2. The number of fused-ring (bicyclic) bond motifs is 1. The van der Waals surface area contributed by atoms with E-state index in [1.165, 1.54) is 6.08 Å². The summed E-state index contributed by atoms with van der Waals surface area (Å²) in [5.41, 5.74) is 2.01. The number of ketones is 2. The third kappa shape index (κ3) is 1.66. The molecule has 0 heterocycles. The summed E-state index contributed by atoms with van der Waals surface area (Å²) in [6.45, 7) is 7.47. The zero-order chi connectivity index (χ0) is 12.6. The van der Waals surface area contributed by atoms with Gasteiger partial charge in [0.15, 0.2) is 11.6 Å². The van der Waals surface area contributed by atoms with E-state index in [4.69, 9.17) is 0 Å². The van der Waals surface area contributed by atoms with E-state index in [0.717, 1.165) is 0 Å². The SMILES string of the molecule is C=CC1=C(C(C)C)C(=O)c2ccccc2C1=O. The van der Waals surface area contributed by atoms with E-state index in [9.17, 15) is 9.59 Å². The molecule has 1 aromatic carbocycles. The zero-order valence-corrected chi connectivity index (χ0v) is 9.99. The van der Waals surface area contributed by atoms with Gasteiger partial charge >= 0.3 is 0 Å². The highest BCUT2D eigenvalue weighted by molar-refractivity contribution is 6.28. The molecule has 0 aromatic heterocycles. The van der Waals surface area contributed by atoms with Crippen LogP contribution >= 0.6 is 0 Å². The van der Waals surface area contributed by atoms with Crippen LogP contribution in [0.25, 0.3) is 0 Å². The molecule has 0 radical (unpaired) electrons. The van der Waals surface area contributed by atoms with Crippen molar-refractivity contribution in [3.05, 3.63) is 59.2 Å². The summed E-state index contributed by atoms with van der Waals surface area (Å²) in [6.07, 6.45) is 1.49. The largest absolute Gasteiger partial charge is 0.289 e. The topological polar surface area (TPSA) is 34.1 Å². The van der Waals surface area contributed by atoms with Crippen LogP contribution in [0.3, 0.4) is 0 Å². The lowest BCUT2D eigenvalue weighted by Crippen LogP contribution is -2.23. The number of carbonyl (C=O) groups is 2. The number of allylic oxidation sites excluding steroid dienone is 3. The molecule has 1 aliphatic rings. The summed E-state index contributed by atoms with van der Waals surface area (Å²) in [5, 5.41) is 0. The molecule has 17 heavy (non-hydrogen) atoms. The molecule has 0 N–H and O–H groups in total. The fourth-order valence-electron chi connectivity index (χ4n) is 2.19. The number of Topliss-reactive ketones (excluding diaryl/α,β-unsaturated/α-hetero) is 2. The van der Waals surface area contributed by atoms with Crippen molar-refractivity contribution in [1.82, 2.24) is 0 Å². The fourth-order valence-corrected chi connectivity index (χ4v) is 2.19. The number of hydrogen-bond donors (Lipinski definition) is 0. The molecule has 0 bridgehead atoms. The van der Waals surface area contributed by atoms with Crippen LogP contribution in [0, 0.1) is 5.92 Å². The third-order valence-electron chi connectivity index (χ3n) is 2.98. The predicted octanol–water partition coefficient (Wildman–Crippen LogP) is 3.20. The Hall–Kier alpha value is -1.96. The van der Waals surface area contributed by atoms with Crippen LogP contribution in [-0.4, -0.2) is 11.6 Å². The summed E-state index contributed by atoms with van der Waals surface area (Å²) < 4.78 is 0. The highest BCUT2D eigenvalue weighted by Gasteiger charge is 2.31. The van der Waals surface area contributed by atoms with Crippen molar-refractivity contribution in [2.45, 2.75) is 13.8 Å². The van der Waals surface area contributed by atoms with E-state index in [2.05, 4.69) is 6.58 Å². The molecule has 0 fully saturated rings. The molecule has 0 aliphatic heterocycles. The summed E-state index contributed by atoms with van der Waals surface area (Å²) in [5.74, 6) is -0.128. The number of benzene rings is 1. The van der Waals surface area contributed by atoms with Gasteiger partial charge in [0.2, 0.25) is 0 Å². The van der Waals surface area contributed by atoms with Gasteiger partial charge in [-0.2, -0.15) is 0 Å². The Balaban J connectivity index is 2.73. The molecule has 1 aliphatic carbocycles. The minimum atomic E-state index is -0.0982. The maximum atomic E-state index is 12.3. The number of rotatable bonds is 2. The van der Waals surface area contributed by atoms with E-state index in [1.807, 2.05) is 13.8 Å². The van der Waals surface area contributed by atoms with Crippen molar-refractivity contribution in [3.63, 3.8) is 0 Å². The second-order valence-corrected chi connectivity index (χ2v) is 4.39. The zero-order valence-electron chi connectivity index (χ0n) is 9.99. The van der Waals surface area contributed by atoms with Gasteiger partial charge in [-0.3, -0.25) is 9.59 Å². The molecule has 1 aromatic rings. The average molecular weight is 226 g/mol. The van der Waals surface area contributed by atoms with Gasteiger partial charge in [-0.05, 0) is 5.92 Å². The van der Waals surface area contributed by atoms with Crippen LogP contribution in [-0.2, 0) is 0 Å². The fraction of sp³-hybridized carbons (Fsp3) is 0.200. The first-order valence-corrected chi connectivity index (χ1v) is 5.63. The standard InChI is InChI=1S/C15H14O2/c1-4-10-13(9(2)3)15(17)12-8-6-5-7-11(12)14(10)16/h4-9H,1H2,2-3H3. The molecule has 0 spiro atoms. The molecular weight excluding hydrogens is 212 g/mol. The monoisotopic (exact) mass is 226 g/mol. The van der Waals surface area contributed by atoms with Crippen LogP contribution in [0.2, 0.25) is 0 Å². The second kappa shape index (κ2) is 4.13. The number of hydrogen-bond acceptors (Lipinski definition) is 2. The lowest BCUT2D eigenvalue weighted by molar-refractivity contribution is 0.0970. The van der Waals surface area contributed by atoms with E-state index in [1.54, 1.807) is 24.3 Å². The predicted molar refractivity (Wildman–Crippen MR) is 67.2 cm³/mol. The van der Waals surface area contributed by atoms with Gasteiger partial charge < -0.3 is 0 Å². The lowest BCUT2D eigenvalue weighted by Gasteiger charge is -2.21. The normalized spacial score (nSPS) is 15.2. The van der Waals surface area contributed by atoms with Crippen LogP contribution in [0.4, 0.5) is 0 Å². The minimum absolute atomic E-state index is 0.0211. The first kappa shape index (κ1) is 11.5. The Morgan fingerprint density at radius 1 is 1.06 bits per heavy atom. The third-order valence-corrected chi connectivity index (χ3v) is 2.98. The average Bonchev–Trinajstić information content (AvgIpc) is 2.33. The van der Waals surface area contributed by atoms with Crippen molar-refractivity contribution in [1.29, 1.82) is 0 Å². The quantitative estimate of drug-likeness (QED) is 0.776. The van der Waals surface area contributed by atoms with Gasteiger partial charge in [0, 0.05) is 22.3 Å². The molecule has 0 unspecified atom stereocenters. The second-order valence-electron chi connectivity index (χ2n) is 4.39. The van der Waals surface area contributed by atoms with Gasteiger partial charge in [0.1, 0.15) is 0 Å². The summed E-state index contributed by atoms with van der Waals surface area (Å²) in [6, 6.07) is 6.94. The molecule has 0 saturated carbocycles. The van der Waals surface area contributed by atoms with Gasteiger partial charge in [-0.15, -0.1) is 0 Å².